The number of aryl methyl sites for hydroxylation is 2. The molecule has 3 aromatic rings. The topological polar surface area (TPSA) is 207 Å². The van der Waals surface area contributed by atoms with Crippen molar-refractivity contribution in [1.82, 2.24) is 4.98 Å². The van der Waals surface area contributed by atoms with E-state index in [-0.39, 0.29) is 13.2 Å². The molecule has 0 spiro atoms. The second-order valence-electron chi connectivity index (χ2n) is 10.3. The maximum atomic E-state index is 12.0. The Morgan fingerprint density at radius 3 is 1.21 bits per heavy atom. The van der Waals surface area contributed by atoms with Gasteiger partial charge in [-0.1, -0.05) is 66.7 Å². The van der Waals surface area contributed by atoms with Crippen LogP contribution in [0.1, 0.15) is 36.4 Å². The average Bonchev–Trinajstić information content (AvgIpc) is 3.05. The van der Waals surface area contributed by atoms with Crippen molar-refractivity contribution in [2.75, 3.05) is 0 Å². The number of hydrogen-bond donors (Lipinski definition) is 1. The molecule has 316 valence electrons. The fourth-order valence-corrected chi connectivity index (χ4v) is 4.98. The highest BCUT2D eigenvalue weighted by Crippen LogP contribution is 2.32. The SMILES string of the molecule is C[C@H](O)C(=O)OCc1ccccc1.C[C@H](OS(=O)(=O)C(F)(F)F)C(=O)OCc1ccccc1.Cc1cccc(C)n1.O=S(=O)(OS(=O)(=O)C(F)(F)F)C(F)(F)F. The molecule has 2 aromatic carbocycles. The summed E-state index contributed by atoms with van der Waals surface area (Å²) in [5.41, 5.74) is -14.4. The number of carbonyl (C=O) groups is 2. The summed E-state index contributed by atoms with van der Waals surface area (Å²) in [4.78, 5) is 26.4. The van der Waals surface area contributed by atoms with E-state index >= 15 is 0 Å². The Bertz CT molecular complexity index is 1950. The summed E-state index contributed by atoms with van der Waals surface area (Å²) in [5, 5.41) is 8.82. The minimum absolute atomic E-state index is 0.195. The monoisotopic (exact) mass is 881 g/mol. The second kappa shape index (κ2) is 21.8. The molecule has 14 nitrogen and oxygen atoms in total. The number of nitrogens with zero attached hydrogens (tertiary/aromatic N) is 1. The van der Waals surface area contributed by atoms with E-state index in [1.54, 1.807) is 30.3 Å². The summed E-state index contributed by atoms with van der Waals surface area (Å²) in [6, 6.07) is 23.7. The number of aliphatic hydroxyl groups excluding tert-OH is 1. The number of alkyl halides is 9. The molecule has 0 saturated heterocycles. The maximum absolute atomic E-state index is 12.0. The molecular weight excluding hydrogens is 850 g/mol. The highest BCUT2D eigenvalue weighted by atomic mass is 32.3. The van der Waals surface area contributed by atoms with Gasteiger partial charge in [-0.3, -0.25) is 4.98 Å². The zero-order valence-electron chi connectivity index (χ0n) is 29.0. The molecule has 1 heterocycles. The molecule has 0 fully saturated rings. The lowest BCUT2D eigenvalue weighted by molar-refractivity contribution is -0.154. The largest absolute Gasteiger partial charge is 0.524 e. The van der Waals surface area contributed by atoms with Gasteiger partial charge < -0.3 is 14.6 Å². The average molecular weight is 882 g/mol. The lowest BCUT2D eigenvalue weighted by Crippen LogP contribution is -2.34. The van der Waals surface area contributed by atoms with Gasteiger partial charge in [0.2, 0.25) is 0 Å². The number of esters is 2. The fourth-order valence-electron chi connectivity index (χ4n) is 2.85. The van der Waals surface area contributed by atoms with E-state index < -0.39 is 71.0 Å². The second-order valence-corrected chi connectivity index (χ2v) is 15.1. The summed E-state index contributed by atoms with van der Waals surface area (Å²) >= 11 is 0. The van der Waals surface area contributed by atoms with Crippen LogP contribution in [0.5, 0.6) is 0 Å². The van der Waals surface area contributed by atoms with Crippen molar-refractivity contribution in [3.63, 3.8) is 0 Å². The molecule has 0 unspecified atom stereocenters. The first-order chi connectivity index (χ1) is 25.3. The number of aromatic nitrogens is 1. The van der Waals surface area contributed by atoms with E-state index in [1.807, 2.05) is 66.0 Å². The molecule has 0 amide bonds. The Kier molecular flexibility index (Phi) is 20.1. The van der Waals surface area contributed by atoms with Crippen LogP contribution in [0.4, 0.5) is 39.5 Å². The Morgan fingerprint density at radius 2 is 0.929 bits per heavy atom. The van der Waals surface area contributed by atoms with Crippen LogP contribution < -0.4 is 0 Å². The van der Waals surface area contributed by atoms with Crippen LogP contribution in [0.25, 0.3) is 0 Å². The van der Waals surface area contributed by atoms with Crippen molar-refractivity contribution in [1.29, 1.82) is 0 Å². The highest BCUT2D eigenvalue weighted by Gasteiger charge is 2.57. The molecule has 1 aromatic heterocycles. The molecule has 1 N–H and O–H groups in total. The quantitative estimate of drug-likeness (QED) is 0.116. The van der Waals surface area contributed by atoms with E-state index in [1.165, 1.54) is 6.92 Å². The van der Waals surface area contributed by atoms with E-state index in [4.69, 9.17) is 9.84 Å². The van der Waals surface area contributed by atoms with Crippen molar-refractivity contribution >= 4 is 42.3 Å². The number of rotatable bonds is 10. The molecule has 0 bridgehead atoms. The fraction of sp³-hybridized carbons (Fsp3) is 0.367. The standard InChI is InChI=1S/C11H11F3O5S.C10H12O3.C7H9N.C2F6O5S2/c1-8(19-20(16,17)11(12,13)14)10(15)18-7-9-5-3-2-4-6-9;1-8(11)10(12)13-7-9-5-3-2-4-6-9;1-6-4-3-5-7(2)8-6;3-1(4,5)14(9,10)13-15(11,12)2(6,7)8/h2-6,8H,7H2,1H3;2-6,8,11H,7H2,1H3;3-5H,1-2H3;/t2*8-;;/m00../s1. The van der Waals surface area contributed by atoms with Crippen LogP contribution in [0.2, 0.25) is 0 Å². The zero-order valence-corrected chi connectivity index (χ0v) is 31.4. The first kappa shape index (κ1) is 51.6. The molecule has 2 atom stereocenters. The van der Waals surface area contributed by atoms with E-state index in [0.717, 1.165) is 23.9 Å². The Morgan fingerprint density at radius 1 is 0.589 bits per heavy atom. The van der Waals surface area contributed by atoms with Crippen LogP contribution >= 0.6 is 0 Å². The third kappa shape index (κ3) is 19.5. The lowest BCUT2D eigenvalue weighted by Gasteiger charge is -2.13. The molecule has 0 aliphatic heterocycles. The van der Waals surface area contributed by atoms with Gasteiger partial charge in [0, 0.05) is 11.4 Å². The summed E-state index contributed by atoms with van der Waals surface area (Å²) in [7, 11) is -19.5. The lowest BCUT2D eigenvalue weighted by atomic mass is 10.2. The van der Waals surface area contributed by atoms with Crippen molar-refractivity contribution in [2.24, 2.45) is 0 Å². The van der Waals surface area contributed by atoms with E-state index in [9.17, 15) is 74.4 Å². The summed E-state index contributed by atoms with van der Waals surface area (Å²) in [6.07, 6.45) is -2.94. The van der Waals surface area contributed by atoms with Gasteiger partial charge in [0.05, 0.1) is 0 Å². The number of benzene rings is 2. The Labute approximate surface area is 314 Å². The van der Waals surface area contributed by atoms with Gasteiger partial charge in [-0.25, -0.2) is 13.8 Å². The number of hydrogen-bond acceptors (Lipinski definition) is 14. The van der Waals surface area contributed by atoms with Gasteiger partial charge in [0.15, 0.2) is 6.10 Å². The molecular formula is C30H32F9NO13S3. The third-order valence-electron chi connectivity index (χ3n) is 5.45. The number of pyridine rings is 1. The zero-order chi connectivity index (χ0) is 43.8. The molecule has 0 aliphatic rings. The minimum Gasteiger partial charge on any atom is -0.459 e. The third-order valence-corrected chi connectivity index (χ3v) is 9.13. The molecule has 0 saturated carbocycles. The van der Waals surface area contributed by atoms with E-state index in [0.29, 0.717) is 5.56 Å². The molecule has 56 heavy (non-hydrogen) atoms. The van der Waals surface area contributed by atoms with E-state index in [2.05, 4.69) is 13.9 Å². The highest BCUT2D eigenvalue weighted by molar-refractivity contribution is 8.00. The summed E-state index contributed by atoms with van der Waals surface area (Å²) < 4.78 is 181. The Balaban J connectivity index is 0.000000751. The van der Waals surface area contributed by atoms with Crippen molar-refractivity contribution in [2.45, 2.75) is 69.6 Å². The van der Waals surface area contributed by atoms with Crippen molar-refractivity contribution < 1.29 is 96.7 Å². The normalized spacial score (nSPS) is 13.2. The van der Waals surface area contributed by atoms with Gasteiger partial charge in [-0.15, -0.1) is 3.63 Å². The number of halogens is 9. The van der Waals surface area contributed by atoms with Crippen LogP contribution in [-0.4, -0.2) is 76.0 Å². The first-order valence-electron chi connectivity index (χ1n) is 14.7. The van der Waals surface area contributed by atoms with Crippen LogP contribution in [0.15, 0.2) is 78.9 Å². The van der Waals surface area contributed by atoms with Gasteiger partial charge >= 0.3 is 58.8 Å². The molecule has 26 heteroatoms. The predicted molar refractivity (Wildman–Crippen MR) is 174 cm³/mol. The van der Waals surface area contributed by atoms with Gasteiger partial charge in [-0.05, 0) is 51.0 Å². The summed E-state index contributed by atoms with van der Waals surface area (Å²) in [6.45, 7) is 6.24. The van der Waals surface area contributed by atoms with Crippen LogP contribution in [-0.2, 0) is 70.4 Å². The summed E-state index contributed by atoms with van der Waals surface area (Å²) in [5.74, 6) is -1.80. The number of carbonyl (C=O) groups excluding carboxylic acids is 2. The smallest absolute Gasteiger partial charge is 0.459 e. The van der Waals surface area contributed by atoms with Gasteiger partial charge in [0.25, 0.3) is 0 Å². The predicted octanol–water partition coefficient (Wildman–Crippen LogP) is 5.50. The van der Waals surface area contributed by atoms with Gasteiger partial charge in [0.1, 0.15) is 19.3 Å². The maximum Gasteiger partial charge on any atom is 0.524 e. The Hall–Kier alpha value is -4.37. The minimum atomic E-state index is -6.85. The molecule has 0 aliphatic carbocycles. The van der Waals surface area contributed by atoms with Crippen molar-refractivity contribution in [3.05, 3.63) is 101 Å². The van der Waals surface area contributed by atoms with Crippen LogP contribution in [0.3, 0.4) is 0 Å². The van der Waals surface area contributed by atoms with Crippen molar-refractivity contribution in [3.8, 4) is 0 Å². The molecule has 0 radical (unpaired) electrons. The first-order valence-corrected chi connectivity index (χ1v) is 18.9. The number of aliphatic hydroxyl groups is 1. The van der Waals surface area contributed by atoms with Crippen LogP contribution in [0, 0.1) is 13.8 Å². The molecule has 3 rings (SSSR count). The number of ether oxygens (including phenoxy) is 2. The van der Waals surface area contributed by atoms with Gasteiger partial charge in [-0.2, -0.15) is 64.8 Å².